The molecule has 0 saturated carbocycles. The van der Waals surface area contributed by atoms with Crippen LogP contribution in [0.4, 0.5) is 52.7 Å². The monoisotopic (exact) mass is 1300 g/mol. The van der Waals surface area contributed by atoms with E-state index in [1.807, 2.05) is 0 Å². The number of hydrogen-bond donors (Lipinski definition) is 0. The van der Waals surface area contributed by atoms with Crippen LogP contribution in [0.15, 0.2) is 48.5 Å². The minimum atomic E-state index is -6.68. The number of rotatable bonds is 20. The first-order valence-corrected chi connectivity index (χ1v) is 30.8. The summed E-state index contributed by atoms with van der Waals surface area (Å²) < 4.78 is 321. The summed E-state index contributed by atoms with van der Waals surface area (Å²) in [5.41, 5.74) is -27.9. The van der Waals surface area contributed by atoms with Crippen LogP contribution < -0.4 is 35.7 Å². The second-order valence-corrected chi connectivity index (χ2v) is 27.3. The fourth-order valence-corrected chi connectivity index (χ4v) is 11.7. The molecule has 5 rings (SSSR count). The largest absolute Gasteiger partial charge is 0.534 e. The van der Waals surface area contributed by atoms with Crippen LogP contribution in [-0.2, 0) is 40.5 Å². The zero-order valence-electron chi connectivity index (χ0n) is 46.8. The van der Waals surface area contributed by atoms with Gasteiger partial charge in [0.15, 0.2) is 0 Å². The Morgan fingerprint density at radius 1 is 0.298 bits per heavy atom. The standard InChI is InChI=1S/C52H60F12O16S4/c1-25(2)13-29-33-17-38(46(21-41(33)73-9)78-82(67,68)50(56,57)58)31(15-27(5)6)35-19-40(48(23-43(35)75-11)80-84(71,72)52(62,63)64)32(16-28(7)8)36-20-39(47(24-44(36)76-12)79-83(69,70)51(59,60)61)30(14-26(3)4)34-18-37(29)45(22-42(34)74-10)77-81(65,66)49(53,54)55/h17-32H,13-16H2,1-12H3. The van der Waals surface area contributed by atoms with E-state index in [1.165, 1.54) is 0 Å². The van der Waals surface area contributed by atoms with Crippen molar-refractivity contribution in [3.05, 3.63) is 93.0 Å². The minimum Gasteiger partial charge on any atom is -0.496 e. The maximum atomic E-state index is 14.5. The lowest BCUT2D eigenvalue weighted by Gasteiger charge is -2.32. The van der Waals surface area contributed by atoms with Gasteiger partial charge in [-0.25, -0.2) is 0 Å². The summed E-state index contributed by atoms with van der Waals surface area (Å²) >= 11 is 0. The van der Waals surface area contributed by atoms with E-state index in [4.69, 9.17) is 35.7 Å². The van der Waals surface area contributed by atoms with Crippen molar-refractivity contribution >= 4 is 40.5 Å². The van der Waals surface area contributed by atoms with Gasteiger partial charge in [-0.15, -0.1) is 0 Å². The highest BCUT2D eigenvalue weighted by Gasteiger charge is 2.53. The molecule has 0 aliphatic heterocycles. The summed E-state index contributed by atoms with van der Waals surface area (Å²) in [7, 11) is -23.0. The van der Waals surface area contributed by atoms with Gasteiger partial charge in [0.2, 0.25) is 0 Å². The molecular weight excluding hydrogens is 1240 g/mol. The topological polar surface area (TPSA) is 210 Å². The zero-order valence-corrected chi connectivity index (χ0v) is 50.0. The van der Waals surface area contributed by atoms with Crippen molar-refractivity contribution in [2.75, 3.05) is 28.4 Å². The first-order valence-electron chi connectivity index (χ1n) is 25.2. The molecule has 4 aromatic rings. The van der Waals surface area contributed by atoms with Crippen molar-refractivity contribution in [2.45, 2.75) is 127 Å². The molecule has 0 fully saturated rings. The van der Waals surface area contributed by atoms with E-state index in [2.05, 4.69) is 0 Å². The fourth-order valence-electron chi connectivity index (χ4n) is 9.79. The lowest BCUT2D eigenvalue weighted by molar-refractivity contribution is -0.0505. The van der Waals surface area contributed by atoms with Crippen molar-refractivity contribution < 1.29 is 122 Å². The van der Waals surface area contributed by atoms with Gasteiger partial charge in [-0.2, -0.15) is 86.4 Å². The van der Waals surface area contributed by atoms with E-state index in [0.717, 1.165) is 52.7 Å². The van der Waals surface area contributed by atoms with Crippen molar-refractivity contribution in [3.63, 3.8) is 0 Å². The first-order chi connectivity index (χ1) is 38.3. The fraction of sp³-hybridized carbons (Fsp3) is 0.538. The third kappa shape index (κ3) is 14.9. The molecule has 472 valence electrons. The molecule has 32 heteroatoms. The third-order valence-corrected chi connectivity index (χ3v) is 17.1. The van der Waals surface area contributed by atoms with Gasteiger partial charge in [-0.1, -0.05) is 55.4 Å². The van der Waals surface area contributed by atoms with Gasteiger partial charge in [0.25, 0.3) is 0 Å². The lowest BCUT2D eigenvalue weighted by Crippen LogP contribution is -2.29. The van der Waals surface area contributed by atoms with E-state index >= 15 is 0 Å². The van der Waals surface area contributed by atoms with Crippen molar-refractivity contribution in [2.24, 2.45) is 23.7 Å². The molecular formula is C52H60F12O16S4. The average molecular weight is 1300 g/mol. The molecule has 84 heavy (non-hydrogen) atoms. The van der Waals surface area contributed by atoms with Crippen molar-refractivity contribution in [1.29, 1.82) is 0 Å². The van der Waals surface area contributed by atoms with Gasteiger partial charge >= 0.3 is 62.5 Å². The Kier molecular flexibility index (Phi) is 20.5. The second kappa shape index (κ2) is 24.9. The zero-order chi connectivity index (χ0) is 64.0. The quantitative estimate of drug-likeness (QED) is 0.0457. The predicted octanol–water partition coefficient (Wildman–Crippen LogP) is 13.7. The summed E-state index contributed by atoms with van der Waals surface area (Å²) in [5.74, 6) is -16.0. The van der Waals surface area contributed by atoms with Gasteiger partial charge in [-0.3, -0.25) is 0 Å². The molecule has 4 unspecified atom stereocenters. The number of methoxy groups -OCH3 is 4. The number of alkyl halides is 12. The van der Waals surface area contributed by atoms with E-state index in [0.29, 0.717) is 24.3 Å². The molecule has 16 nitrogen and oxygen atoms in total. The number of ether oxygens (including phenoxy) is 4. The molecule has 8 bridgehead atoms. The Balaban J connectivity index is 2.32. The number of fused-ring (bicyclic) bond motifs is 8. The summed E-state index contributed by atoms with van der Waals surface area (Å²) in [6, 6.07) is 6.75. The molecule has 4 atom stereocenters. The van der Waals surface area contributed by atoms with Crippen LogP contribution >= 0.6 is 0 Å². The van der Waals surface area contributed by atoms with Gasteiger partial charge < -0.3 is 35.7 Å². The summed E-state index contributed by atoms with van der Waals surface area (Å²) in [6.45, 7) is 12.5. The second-order valence-electron chi connectivity index (χ2n) is 21.2. The molecule has 0 heterocycles. The summed E-state index contributed by atoms with van der Waals surface area (Å²) in [6.07, 6.45) is -1.32. The first kappa shape index (κ1) is 69.0. The summed E-state index contributed by atoms with van der Waals surface area (Å²) in [4.78, 5) is 0. The van der Waals surface area contributed by atoms with Crippen LogP contribution in [0.1, 0.15) is 149 Å². The van der Waals surface area contributed by atoms with Crippen LogP contribution in [0.2, 0.25) is 0 Å². The number of halogens is 12. The third-order valence-electron chi connectivity index (χ3n) is 13.2. The Hall–Kier alpha value is -5.76. The maximum absolute atomic E-state index is 14.5. The highest BCUT2D eigenvalue weighted by Crippen LogP contribution is 2.55. The molecule has 0 amide bonds. The predicted molar refractivity (Wildman–Crippen MR) is 280 cm³/mol. The molecule has 4 aromatic carbocycles. The molecule has 0 saturated heterocycles. The van der Waals surface area contributed by atoms with Crippen LogP contribution in [0.25, 0.3) is 0 Å². The summed E-state index contributed by atoms with van der Waals surface area (Å²) in [5, 5.41) is 0. The van der Waals surface area contributed by atoms with Gasteiger partial charge in [0.1, 0.15) is 46.0 Å². The lowest BCUT2D eigenvalue weighted by atomic mass is 9.75. The molecule has 0 spiro atoms. The molecule has 0 aromatic heterocycles. The molecule has 1 aliphatic rings. The Morgan fingerprint density at radius 2 is 0.440 bits per heavy atom. The molecule has 0 radical (unpaired) electrons. The highest BCUT2D eigenvalue weighted by atomic mass is 32.2. The van der Waals surface area contributed by atoms with E-state index < -0.39 is 178 Å². The smallest absolute Gasteiger partial charge is 0.496 e. The maximum Gasteiger partial charge on any atom is 0.534 e. The van der Waals surface area contributed by atoms with Gasteiger partial charge in [0, 0.05) is 92.4 Å². The Bertz CT molecular complexity index is 3060. The Morgan fingerprint density at radius 3 is 0.560 bits per heavy atom. The minimum absolute atomic E-state index is 0.287. The van der Waals surface area contributed by atoms with Gasteiger partial charge in [-0.05, 0) is 73.6 Å². The average Bonchev–Trinajstić information content (AvgIpc) is 1.43. The highest BCUT2D eigenvalue weighted by molar-refractivity contribution is 7.88. The van der Waals surface area contributed by atoms with Crippen LogP contribution in [0.3, 0.4) is 0 Å². The van der Waals surface area contributed by atoms with E-state index in [1.54, 1.807) is 55.4 Å². The normalized spacial score (nSPS) is 17.6. The SMILES string of the molecule is COc1cc(OS(=O)(=O)C(F)(F)F)c2cc1C(CC(C)C)c1cc(c(OC)cc1OS(=O)(=O)C(F)(F)F)C(CC(C)C)c1cc(c(OC)cc1OS(=O)(=O)C(F)(F)F)C(CC(C)C)c1cc(c(OC)cc1OS(=O)(=O)C(F)(F)F)C2CC(C)C. The number of hydrogen-bond acceptors (Lipinski definition) is 16. The van der Waals surface area contributed by atoms with Crippen LogP contribution in [0.5, 0.6) is 46.0 Å². The van der Waals surface area contributed by atoms with Crippen LogP contribution in [0, 0.1) is 23.7 Å². The molecule has 1 aliphatic carbocycles. The van der Waals surface area contributed by atoms with E-state index in [9.17, 15) is 86.4 Å². The van der Waals surface area contributed by atoms with Crippen molar-refractivity contribution in [1.82, 2.24) is 0 Å². The van der Waals surface area contributed by atoms with E-state index in [-0.39, 0.29) is 47.9 Å². The van der Waals surface area contributed by atoms with Crippen LogP contribution in [-0.4, -0.2) is 84.1 Å². The molecule has 0 N–H and O–H groups in total. The number of benzene rings is 4. The van der Waals surface area contributed by atoms with Crippen molar-refractivity contribution in [3.8, 4) is 46.0 Å². The Labute approximate surface area is 478 Å². The van der Waals surface area contributed by atoms with Gasteiger partial charge in [0.05, 0.1) is 28.4 Å².